The van der Waals surface area contributed by atoms with Crippen LogP contribution in [-0.4, -0.2) is 60.3 Å². The van der Waals surface area contributed by atoms with E-state index in [1.54, 1.807) is 13.1 Å². The summed E-state index contributed by atoms with van der Waals surface area (Å²) in [4.78, 5) is 16.3. The fraction of sp³-hybridized carbons (Fsp3) is 0.643. The summed E-state index contributed by atoms with van der Waals surface area (Å²) < 4.78 is 0. The van der Waals surface area contributed by atoms with Gasteiger partial charge in [0.25, 0.3) is 5.91 Å². The molecule has 0 aliphatic carbocycles. The zero-order chi connectivity index (χ0) is 13.9. The summed E-state index contributed by atoms with van der Waals surface area (Å²) >= 11 is 0. The molecule has 2 saturated heterocycles. The van der Waals surface area contributed by atoms with E-state index in [9.17, 15) is 4.79 Å². The van der Waals surface area contributed by atoms with Gasteiger partial charge in [0.2, 0.25) is 0 Å². The second-order valence-electron chi connectivity index (χ2n) is 5.49. The molecule has 0 radical (unpaired) electrons. The number of nitrogens with one attached hydrogen (secondary N) is 1. The van der Waals surface area contributed by atoms with Crippen LogP contribution in [0.1, 0.15) is 29.8 Å². The van der Waals surface area contributed by atoms with Crippen LogP contribution in [0.15, 0.2) is 12.1 Å². The van der Waals surface area contributed by atoms with Gasteiger partial charge in [-0.25, -0.2) is 0 Å². The summed E-state index contributed by atoms with van der Waals surface area (Å²) in [6, 6.07) is 4.28. The molecule has 6 nitrogen and oxygen atoms in total. The normalized spacial score (nSPS) is 23.2. The molecule has 1 unspecified atom stereocenters. The highest BCUT2D eigenvalue weighted by Crippen LogP contribution is 2.23. The minimum atomic E-state index is -0.194. The van der Waals surface area contributed by atoms with Crippen molar-refractivity contribution in [2.75, 3.05) is 38.1 Å². The molecule has 6 heteroatoms. The number of amides is 1. The number of likely N-dealkylation sites (tertiary alicyclic amines) is 1. The molecule has 2 aliphatic heterocycles. The van der Waals surface area contributed by atoms with E-state index in [1.807, 2.05) is 6.07 Å². The highest BCUT2D eigenvalue weighted by atomic mass is 16.1. The molecule has 3 rings (SSSR count). The first-order chi connectivity index (χ1) is 9.78. The van der Waals surface area contributed by atoms with Gasteiger partial charge < -0.3 is 10.2 Å². The molecule has 1 aromatic heterocycles. The summed E-state index contributed by atoms with van der Waals surface area (Å²) in [5, 5.41) is 10.7. The van der Waals surface area contributed by atoms with Gasteiger partial charge in [-0.3, -0.25) is 9.69 Å². The number of rotatable bonds is 3. The number of hydrogen-bond acceptors (Lipinski definition) is 5. The maximum absolute atomic E-state index is 11.4. The highest BCUT2D eigenvalue weighted by Gasteiger charge is 2.29. The van der Waals surface area contributed by atoms with Crippen LogP contribution in [0.2, 0.25) is 0 Å². The maximum Gasteiger partial charge on any atom is 0.271 e. The molecule has 20 heavy (non-hydrogen) atoms. The second kappa shape index (κ2) is 5.75. The first kappa shape index (κ1) is 13.3. The molecule has 1 aromatic rings. The summed E-state index contributed by atoms with van der Waals surface area (Å²) in [5.41, 5.74) is 0.367. The van der Waals surface area contributed by atoms with Crippen molar-refractivity contribution in [1.82, 2.24) is 20.4 Å². The number of aromatic nitrogens is 2. The molecule has 0 saturated carbocycles. The molecular weight excluding hydrogens is 254 g/mol. The van der Waals surface area contributed by atoms with Crippen molar-refractivity contribution in [3.63, 3.8) is 0 Å². The van der Waals surface area contributed by atoms with Crippen LogP contribution in [0, 0.1) is 0 Å². The quantitative estimate of drug-likeness (QED) is 0.871. The van der Waals surface area contributed by atoms with Crippen molar-refractivity contribution in [2.24, 2.45) is 0 Å². The predicted molar refractivity (Wildman–Crippen MR) is 76.8 cm³/mol. The third-order valence-electron chi connectivity index (χ3n) is 4.25. The zero-order valence-electron chi connectivity index (χ0n) is 11.9. The molecule has 2 fully saturated rings. The molecular formula is C14H21N5O. The predicted octanol–water partition coefficient (Wildman–Crippen LogP) is 0.511. The average Bonchev–Trinajstić information content (AvgIpc) is 3.17. The van der Waals surface area contributed by atoms with Gasteiger partial charge >= 0.3 is 0 Å². The third kappa shape index (κ3) is 2.60. The van der Waals surface area contributed by atoms with Gasteiger partial charge in [-0.05, 0) is 44.5 Å². The van der Waals surface area contributed by atoms with E-state index in [-0.39, 0.29) is 5.91 Å². The topological polar surface area (TPSA) is 61.4 Å². The molecule has 0 aromatic carbocycles. The Morgan fingerprint density at radius 3 is 2.70 bits per heavy atom. The zero-order valence-corrected chi connectivity index (χ0v) is 11.9. The summed E-state index contributed by atoms with van der Waals surface area (Å²) in [5.74, 6) is 0.680. The first-order valence-corrected chi connectivity index (χ1v) is 7.33. The Morgan fingerprint density at radius 2 is 2.05 bits per heavy atom. The third-order valence-corrected chi connectivity index (χ3v) is 4.25. The highest BCUT2D eigenvalue weighted by molar-refractivity contribution is 5.91. The van der Waals surface area contributed by atoms with Crippen molar-refractivity contribution in [1.29, 1.82) is 0 Å². The SMILES string of the molecule is CNC(=O)c1ccc(N2CCC(N3CCCC3)C2)nn1. The van der Waals surface area contributed by atoms with Crippen LogP contribution in [0.4, 0.5) is 5.82 Å². The number of carbonyl (C=O) groups excluding carboxylic acids is 1. The fourth-order valence-electron chi connectivity index (χ4n) is 3.10. The standard InChI is InChI=1S/C14H21N5O/c1-15-14(20)12-4-5-13(17-16-12)19-9-6-11(10-19)18-7-2-3-8-18/h4-5,11H,2-3,6-10H2,1H3,(H,15,20). The van der Waals surface area contributed by atoms with E-state index in [0.717, 1.165) is 18.9 Å². The van der Waals surface area contributed by atoms with Crippen LogP contribution in [0.25, 0.3) is 0 Å². The lowest BCUT2D eigenvalue weighted by Gasteiger charge is -2.23. The summed E-state index contributed by atoms with van der Waals surface area (Å²) in [6.07, 6.45) is 3.85. The van der Waals surface area contributed by atoms with Crippen LogP contribution in [-0.2, 0) is 0 Å². The number of anilines is 1. The first-order valence-electron chi connectivity index (χ1n) is 7.33. The van der Waals surface area contributed by atoms with Gasteiger partial charge in [0.1, 0.15) is 0 Å². The molecule has 2 aliphatic rings. The van der Waals surface area contributed by atoms with E-state index < -0.39 is 0 Å². The van der Waals surface area contributed by atoms with E-state index in [1.165, 1.54) is 32.4 Å². The van der Waals surface area contributed by atoms with Crippen molar-refractivity contribution >= 4 is 11.7 Å². The van der Waals surface area contributed by atoms with Gasteiger partial charge in [0, 0.05) is 26.2 Å². The van der Waals surface area contributed by atoms with Crippen molar-refractivity contribution in [2.45, 2.75) is 25.3 Å². The Hall–Kier alpha value is -1.69. The number of carbonyl (C=O) groups is 1. The number of hydrogen-bond donors (Lipinski definition) is 1. The smallest absolute Gasteiger partial charge is 0.271 e. The maximum atomic E-state index is 11.4. The molecule has 1 amide bonds. The van der Waals surface area contributed by atoms with Crippen LogP contribution in [0.3, 0.4) is 0 Å². The second-order valence-corrected chi connectivity index (χ2v) is 5.49. The molecule has 3 heterocycles. The monoisotopic (exact) mass is 275 g/mol. The Balaban J connectivity index is 1.63. The Bertz CT molecular complexity index is 469. The fourth-order valence-corrected chi connectivity index (χ4v) is 3.10. The number of nitrogens with zero attached hydrogens (tertiary/aromatic N) is 4. The minimum Gasteiger partial charge on any atom is -0.354 e. The molecule has 108 valence electrons. The molecule has 1 atom stereocenters. The van der Waals surface area contributed by atoms with Crippen molar-refractivity contribution in [3.05, 3.63) is 17.8 Å². The van der Waals surface area contributed by atoms with E-state index in [0.29, 0.717) is 11.7 Å². The van der Waals surface area contributed by atoms with E-state index >= 15 is 0 Å². The van der Waals surface area contributed by atoms with Gasteiger partial charge in [0.05, 0.1) is 0 Å². The van der Waals surface area contributed by atoms with Gasteiger partial charge in [0.15, 0.2) is 11.5 Å². The van der Waals surface area contributed by atoms with Crippen molar-refractivity contribution in [3.8, 4) is 0 Å². The van der Waals surface area contributed by atoms with Crippen LogP contribution in [0.5, 0.6) is 0 Å². The average molecular weight is 275 g/mol. The molecule has 1 N–H and O–H groups in total. The van der Waals surface area contributed by atoms with Gasteiger partial charge in [-0.1, -0.05) is 0 Å². The van der Waals surface area contributed by atoms with E-state index in [2.05, 4.69) is 25.3 Å². The minimum absolute atomic E-state index is 0.194. The van der Waals surface area contributed by atoms with Crippen LogP contribution < -0.4 is 10.2 Å². The summed E-state index contributed by atoms with van der Waals surface area (Å²) in [7, 11) is 1.60. The Morgan fingerprint density at radius 1 is 1.25 bits per heavy atom. The lowest BCUT2D eigenvalue weighted by Crippen LogP contribution is -2.35. The Kier molecular flexibility index (Phi) is 3.82. The Labute approximate surface area is 119 Å². The van der Waals surface area contributed by atoms with E-state index in [4.69, 9.17) is 0 Å². The van der Waals surface area contributed by atoms with Gasteiger partial charge in [-0.2, -0.15) is 0 Å². The van der Waals surface area contributed by atoms with Crippen LogP contribution >= 0.6 is 0 Å². The van der Waals surface area contributed by atoms with Crippen molar-refractivity contribution < 1.29 is 4.79 Å². The lowest BCUT2D eigenvalue weighted by molar-refractivity contribution is 0.0957. The lowest BCUT2D eigenvalue weighted by atomic mass is 10.2. The molecule has 0 spiro atoms. The van der Waals surface area contributed by atoms with Gasteiger partial charge in [-0.15, -0.1) is 10.2 Å². The largest absolute Gasteiger partial charge is 0.354 e. The molecule has 0 bridgehead atoms. The summed E-state index contributed by atoms with van der Waals surface area (Å²) in [6.45, 7) is 4.52.